The lowest BCUT2D eigenvalue weighted by atomic mass is 9.86. The van der Waals surface area contributed by atoms with E-state index in [0.29, 0.717) is 6.54 Å². The zero-order chi connectivity index (χ0) is 15.8. The second-order valence-electron chi connectivity index (χ2n) is 6.28. The number of fused-ring (bicyclic) bond motifs is 3. The molecule has 0 spiro atoms. The molecule has 1 aliphatic carbocycles. The first-order valence-electron chi connectivity index (χ1n) is 8.11. The molecule has 4 nitrogen and oxygen atoms in total. The molecule has 4 rings (SSSR count). The summed E-state index contributed by atoms with van der Waals surface area (Å²) in [6, 6.07) is 12.1. The first kappa shape index (κ1) is 14.1. The van der Waals surface area contributed by atoms with Gasteiger partial charge in [-0.2, -0.15) is 0 Å². The standard InChI is InChI=1S/C19H20N2O2/c1-21(12-13-6-5-11-23-13)19(22)16-9-4-8-15-14-7-2-3-10-17(14)20-18(15)16/h2-3,5-7,10-11,16,20H,4,8-9,12H2,1H3. The fourth-order valence-electron chi connectivity index (χ4n) is 3.64. The molecule has 0 radical (unpaired) electrons. The van der Waals surface area contributed by atoms with Crippen LogP contribution in [0.25, 0.3) is 10.9 Å². The maximum absolute atomic E-state index is 12.9. The van der Waals surface area contributed by atoms with Crippen LogP contribution in [0.3, 0.4) is 0 Å². The molecule has 3 aromatic rings. The maximum Gasteiger partial charge on any atom is 0.231 e. The Bertz CT molecular complexity index is 832. The Morgan fingerprint density at radius 3 is 3.00 bits per heavy atom. The number of carbonyl (C=O) groups is 1. The molecule has 1 aromatic carbocycles. The van der Waals surface area contributed by atoms with Crippen LogP contribution >= 0.6 is 0 Å². The summed E-state index contributed by atoms with van der Waals surface area (Å²) in [6.45, 7) is 0.512. The summed E-state index contributed by atoms with van der Waals surface area (Å²) in [4.78, 5) is 18.2. The van der Waals surface area contributed by atoms with Crippen molar-refractivity contribution in [2.24, 2.45) is 0 Å². The van der Waals surface area contributed by atoms with Crippen LogP contribution in [-0.2, 0) is 17.8 Å². The van der Waals surface area contributed by atoms with Gasteiger partial charge in [0, 0.05) is 23.6 Å². The Morgan fingerprint density at radius 2 is 2.17 bits per heavy atom. The molecule has 1 unspecified atom stereocenters. The first-order valence-corrected chi connectivity index (χ1v) is 8.11. The predicted octanol–water partition coefficient (Wildman–Crippen LogP) is 3.84. The fraction of sp³-hybridized carbons (Fsp3) is 0.316. The van der Waals surface area contributed by atoms with Gasteiger partial charge in [-0.25, -0.2) is 0 Å². The summed E-state index contributed by atoms with van der Waals surface area (Å²) in [5.74, 6) is 0.897. The number of carbonyl (C=O) groups excluding carboxylic acids is 1. The van der Waals surface area contributed by atoms with Crippen molar-refractivity contribution in [1.82, 2.24) is 9.88 Å². The number of aryl methyl sites for hydroxylation is 1. The number of hydrogen-bond donors (Lipinski definition) is 1. The van der Waals surface area contributed by atoms with Gasteiger partial charge in [-0.1, -0.05) is 18.2 Å². The van der Waals surface area contributed by atoms with Gasteiger partial charge >= 0.3 is 0 Å². The van der Waals surface area contributed by atoms with E-state index < -0.39 is 0 Å². The highest BCUT2D eigenvalue weighted by Gasteiger charge is 2.31. The maximum atomic E-state index is 12.9. The number of nitrogens with one attached hydrogen (secondary N) is 1. The number of hydrogen-bond acceptors (Lipinski definition) is 2. The van der Waals surface area contributed by atoms with E-state index in [1.807, 2.05) is 25.2 Å². The highest BCUT2D eigenvalue weighted by atomic mass is 16.3. The van der Waals surface area contributed by atoms with Crippen LogP contribution < -0.4 is 0 Å². The SMILES string of the molecule is CN(Cc1ccco1)C(=O)C1CCCc2c1[nH]c1ccccc21. The van der Waals surface area contributed by atoms with Crippen molar-refractivity contribution in [3.8, 4) is 0 Å². The average molecular weight is 308 g/mol. The molecule has 1 atom stereocenters. The van der Waals surface area contributed by atoms with Crippen LogP contribution in [0.5, 0.6) is 0 Å². The van der Waals surface area contributed by atoms with E-state index in [2.05, 4.69) is 23.2 Å². The molecular weight excluding hydrogens is 288 g/mol. The molecule has 0 bridgehead atoms. The van der Waals surface area contributed by atoms with E-state index >= 15 is 0 Å². The van der Waals surface area contributed by atoms with E-state index in [1.54, 1.807) is 11.2 Å². The minimum Gasteiger partial charge on any atom is -0.467 e. The lowest BCUT2D eigenvalue weighted by Gasteiger charge is -2.26. The minimum atomic E-state index is -0.0777. The lowest BCUT2D eigenvalue weighted by molar-refractivity contribution is -0.132. The van der Waals surface area contributed by atoms with Crippen molar-refractivity contribution in [2.45, 2.75) is 31.7 Å². The van der Waals surface area contributed by atoms with Crippen molar-refractivity contribution in [1.29, 1.82) is 0 Å². The molecule has 4 heteroatoms. The van der Waals surface area contributed by atoms with Crippen molar-refractivity contribution in [3.63, 3.8) is 0 Å². The number of H-pyrrole nitrogens is 1. The minimum absolute atomic E-state index is 0.0777. The summed E-state index contributed by atoms with van der Waals surface area (Å²) in [6.07, 6.45) is 4.65. The number of aromatic amines is 1. The molecule has 0 aliphatic heterocycles. The molecule has 2 heterocycles. The molecule has 118 valence electrons. The third-order valence-corrected chi connectivity index (χ3v) is 4.76. The Balaban J connectivity index is 1.64. The number of furan rings is 1. The summed E-state index contributed by atoms with van der Waals surface area (Å²) in [5.41, 5.74) is 3.55. The van der Waals surface area contributed by atoms with Crippen molar-refractivity contribution < 1.29 is 9.21 Å². The molecule has 1 amide bonds. The quantitative estimate of drug-likeness (QED) is 0.799. The van der Waals surface area contributed by atoms with Gasteiger partial charge in [-0.15, -0.1) is 0 Å². The monoisotopic (exact) mass is 308 g/mol. The largest absolute Gasteiger partial charge is 0.467 e. The summed E-state index contributed by atoms with van der Waals surface area (Å²) >= 11 is 0. The number of likely N-dealkylation sites (N-methyl/N-ethyl adjacent to an activating group) is 1. The smallest absolute Gasteiger partial charge is 0.231 e. The predicted molar refractivity (Wildman–Crippen MR) is 89.2 cm³/mol. The highest BCUT2D eigenvalue weighted by Crippen LogP contribution is 2.37. The van der Waals surface area contributed by atoms with Crippen LogP contribution in [0.15, 0.2) is 47.1 Å². The Kier molecular flexibility index (Phi) is 3.45. The van der Waals surface area contributed by atoms with Crippen molar-refractivity contribution in [2.75, 3.05) is 7.05 Å². The molecule has 1 N–H and O–H groups in total. The Hall–Kier alpha value is -2.49. The average Bonchev–Trinajstić information content (AvgIpc) is 3.21. The van der Waals surface area contributed by atoms with Gasteiger partial charge in [0.05, 0.1) is 18.7 Å². The van der Waals surface area contributed by atoms with Crippen LogP contribution in [0.2, 0.25) is 0 Å². The van der Waals surface area contributed by atoms with Crippen LogP contribution in [0.1, 0.15) is 35.8 Å². The third-order valence-electron chi connectivity index (χ3n) is 4.76. The van der Waals surface area contributed by atoms with Gasteiger partial charge in [0.25, 0.3) is 0 Å². The highest BCUT2D eigenvalue weighted by molar-refractivity contribution is 5.90. The van der Waals surface area contributed by atoms with Crippen LogP contribution in [0.4, 0.5) is 0 Å². The van der Waals surface area contributed by atoms with E-state index in [-0.39, 0.29) is 11.8 Å². The number of para-hydroxylation sites is 1. The van der Waals surface area contributed by atoms with E-state index in [4.69, 9.17) is 4.42 Å². The second-order valence-corrected chi connectivity index (χ2v) is 6.28. The Labute approximate surface area is 135 Å². The van der Waals surface area contributed by atoms with Gasteiger partial charge in [0.15, 0.2) is 0 Å². The van der Waals surface area contributed by atoms with Crippen molar-refractivity contribution in [3.05, 3.63) is 59.7 Å². The van der Waals surface area contributed by atoms with Crippen LogP contribution in [0, 0.1) is 0 Å². The topological polar surface area (TPSA) is 49.2 Å². The summed E-state index contributed by atoms with van der Waals surface area (Å²) < 4.78 is 5.36. The lowest BCUT2D eigenvalue weighted by Crippen LogP contribution is -2.33. The van der Waals surface area contributed by atoms with E-state index in [0.717, 1.165) is 36.2 Å². The normalized spacial score (nSPS) is 17.2. The number of aromatic nitrogens is 1. The molecule has 0 fully saturated rings. The number of rotatable bonds is 3. The van der Waals surface area contributed by atoms with Gasteiger partial charge in [0.2, 0.25) is 5.91 Å². The zero-order valence-corrected chi connectivity index (χ0v) is 13.2. The number of amides is 1. The third kappa shape index (κ3) is 2.44. The van der Waals surface area contributed by atoms with Crippen LogP contribution in [-0.4, -0.2) is 22.8 Å². The number of benzene rings is 1. The Morgan fingerprint density at radius 1 is 1.30 bits per heavy atom. The zero-order valence-electron chi connectivity index (χ0n) is 13.2. The molecular formula is C19H20N2O2. The van der Waals surface area contributed by atoms with Gasteiger partial charge in [-0.3, -0.25) is 4.79 Å². The molecule has 1 aliphatic rings. The van der Waals surface area contributed by atoms with Gasteiger partial charge < -0.3 is 14.3 Å². The second kappa shape index (κ2) is 5.61. The summed E-state index contributed by atoms with van der Waals surface area (Å²) in [7, 11) is 1.85. The van der Waals surface area contributed by atoms with E-state index in [1.165, 1.54) is 10.9 Å². The summed E-state index contributed by atoms with van der Waals surface area (Å²) in [5, 5.41) is 1.26. The molecule has 0 saturated carbocycles. The molecule has 0 saturated heterocycles. The molecule has 2 aromatic heterocycles. The van der Waals surface area contributed by atoms with Gasteiger partial charge in [-0.05, 0) is 43.0 Å². The molecule has 23 heavy (non-hydrogen) atoms. The number of nitrogens with zero attached hydrogens (tertiary/aromatic N) is 1. The van der Waals surface area contributed by atoms with E-state index in [9.17, 15) is 4.79 Å². The van der Waals surface area contributed by atoms with Crippen molar-refractivity contribution >= 4 is 16.8 Å². The van der Waals surface area contributed by atoms with Gasteiger partial charge in [0.1, 0.15) is 5.76 Å². The fourth-order valence-corrected chi connectivity index (χ4v) is 3.64. The first-order chi connectivity index (χ1) is 11.2.